The molecule has 0 spiro atoms. The Labute approximate surface area is 162 Å². The zero-order valence-electron chi connectivity index (χ0n) is 15.5. The van der Waals surface area contributed by atoms with Crippen molar-refractivity contribution < 1.29 is 9.53 Å². The van der Waals surface area contributed by atoms with Gasteiger partial charge in [0.1, 0.15) is 0 Å². The van der Waals surface area contributed by atoms with Crippen LogP contribution in [-0.2, 0) is 17.7 Å². The van der Waals surface area contributed by atoms with E-state index in [-0.39, 0.29) is 17.1 Å². The molecule has 1 heterocycles. The minimum absolute atomic E-state index is 0.0170. The van der Waals surface area contributed by atoms with E-state index in [1.165, 1.54) is 17.3 Å². The van der Waals surface area contributed by atoms with Gasteiger partial charge in [-0.2, -0.15) is 0 Å². The monoisotopic (exact) mass is 382 g/mol. The van der Waals surface area contributed by atoms with Crippen LogP contribution in [0.15, 0.2) is 58.5 Å². The van der Waals surface area contributed by atoms with E-state index in [1.54, 1.807) is 17.7 Å². The van der Waals surface area contributed by atoms with Gasteiger partial charge in [0.15, 0.2) is 10.9 Å². The van der Waals surface area contributed by atoms with Gasteiger partial charge < -0.3 is 4.74 Å². The number of carbonyl (C=O) groups is 1. The van der Waals surface area contributed by atoms with E-state index in [0.717, 1.165) is 6.42 Å². The highest BCUT2D eigenvalue weighted by molar-refractivity contribution is 7.99. The summed E-state index contributed by atoms with van der Waals surface area (Å²) in [5.74, 6) is 0.242. The van der Waals surface area contributed by atoms with E-state index < -0.39 is 0 Å². The molecule has 0 amide bonds. The average molecular weight is 382 g/mol. The molecule has 3 aromatic rings. The van der Waals surface area contributed by atoms with Crippen molar-refractivity contribution >= 4 is 28.4 Å². The van der Waals surface area contributed by atoms with Crippen molar-refractivity contribution in [1.82, 2.24) is 9.55 Å². The van der Waals surface area contributed by atoms with Crippen molar-refractivity contribution in [3.63, 3.8) is 0 Å². The first-order chi connectivity index (χ1) is 13.1. The van der Waals surface area contributed by atoms with Gasteiger partial charge in [-0.15, -0.1) is 0 Å². The number of ketones is 1. The van der Waals surface area contributed by atoms with E-state index in [0.29, 0.717) is 34.8 Å². The van der Waals surface area contributed by atoms with Crippen molar-refractivity contribution in [2.24, 2.45) is 0 Å². The van der Waals surface area contributed by atoms with Crippen LogP contribution < -0.4 is 5.56 Å². The molecule has 5 nitrogen and oxygen atoms in total. The molecule has 3 rings (SSSR count). The molecule has 0 unspecified atom stereocenters. The zero-order chi connectivity index (χ0) is 19.2. The number of Topliss-reactive ketones (excluding diaryl/α,β-unsaturated/α-hetero) is 1. The zero-order valence-corrected chi connectivity index (χ0v) is 16.3. The molecule has 140 valence electrons. The van der Waals surface area contributed by atoms with E-state index in [4.69, 9.17) is 4.74 Å². The fourth-order valence-corrected chi connectivity index (χ4v) is 3.70. The predicted octanol–water partition coefficient (Wildman–Crippen LogP) is 3.58. The van der Waals surface area contributed by atoms with Gasteiger partial charge in [-0.3, -0.25) is 14.2 Å². The fourth-order valence-electron chi connectivity index (χ4n) is 2.78. The third kappa shape index (κ3) is 4.46. The van der Waals surface area contributed by atoms with Crippen LogP contribution in [0.4, 0.5) is 0 Å². The van der Waals surface area contributed by atoms with Gasteiger partial charge in [0.2, 0.25) is 0 Å². The predicted molar refractivity (Wildman–Crippen MR) is 109 cm³/mol. The van der Waals surface area contributed by atoms with Crippen LogP contribution in [0.1, 0.15) is 22.8 Å². The lowest BCUT2D eigenvalue weighted by molar-refractivity contribution is 0.102. The Morgan fingerprint density at radius 2 is 1.89 bits per heavy atom. The molecule has 1 aromatic heterocycles. The molecular weight excluding hydrogens is 360 g/mol. The molecule has 0 saturated heterocycles. The second-order valence-corrected chi connectivity index (χ2v) is 7.07. The second kappa shape index (κ2) is 8.97. The number of aromatic nitrogens is 2. The van der Waals surface area contributed by atoms with Crippen LogP contribution in [0, 0.1) is 0 Å². The molecule has 0 radical (unpaired) electrons. The smallest absolute Gasteiger partial charge is 0.262 e. The molecule has 0 saturated carbocycles. The number of ether oxygens (including phenoxy) is 1. The molecule has 2 aromatic carbocycles. The number of benzene rings is 2. The molecule has 27 heavy (non-hydrogen) atoms. The summed E-state index contributed by atoms with van der Waals surface area (Å²) < 4.78 is 6.71. The van der Waals surface area contributed by atoms with Gasteiger partial charge in [-0.25, -0.2) is 4.98 Å². The lowest BCUT2D eigenvalue weighted by Crippen LogP contribution is -2.25. The molecule has 0 aliphatic heterocycles. The minimum Gasteiger partial charge on any atom is -0.383 e. The lowest BCUT2D eigenvalue weighted by atomic mass is 10.1. The number of methoxy groups -OCH3 is 1. The Bertz CT molecular complexity index is 996. The average Bonchev–Trinajstić information content (AvgIpc) is 2.71. The number of aryl methyl sites for hydroxylation is 1. The summed E-state index contributed by atoms with van der Waals surface area (Å²) >= 11 is 1.29. The van der Waals surface area contributed by atoms with Crippen molar-refractivity contribution in [1.29, 1.82) is 0 Å². The minimum atomic E-state index is -0.111. The Balaban J connectivity index is 1.86. The number of thioether (sulfide) groups is 1. The standard InChI is InChI=1S/C21H22N2O3S/c1-3-15-8-10-16(11-9-15)19(24)14-27-21-22-18-7-5-4-6-17(18)20(25)23(21)12-13-26-2/h4-11H,3,12-14H2,1-2H3. The largest absolute Gasteiger partial charge is 0.383 e. The molecule has 0 aliphatic carbocycles. The SMILES string of the molecule is CCc1ccc(C(=O)CSc2nc3ccccc3c(=O)n2CCOC)cc1. The van der Waals surface area contributed by atoms with Crippen LogP contribution in [0.3, 0.4) is 0 Å². The Morgan fingerprint density at radius 3 is 2.59 bits per heavy atom. The number of hydrogen-bond acceptors (Lipinski definition) is 5. The van der Waals surface area contributed by atoms with Gasteiger partial charge >= 0.3 is 0 Å². The first-order valence-electron chi connectivity index (χ1n) is 8.87. The van der Waals surface area contributed by atoms with Crippen LogP contribution in [0.2, 0.25) is 0 Å². The summed E-state index contributed by atoms with van der Waals surface area (Å²) in [6, 6.07) is 14.9. The Morgan fingerprint density at radius 1 is 1.15 bits per heavy atom. The number of nitrogens with zero attached hydrogens (tertiary/aromatic N) is 2. The summed E-state index contributed by atoms with van der Waals surface area (Å²) in [4.78, 5) is 29.9. The number of para-hydroxylation sites is 1. The van der Waals surface area contributed by atoms with Crippen LogP contribution >= 0.6 is 11.8 Å². The Hall–Kier alpha value is -2.44. The lowest BCUT2D eigenvalue weighted by Gasteiger charge is -2.12. The van der Waals surface area contributed by atoms with Crippen LogP contribution in [-0.4, -0.2) is 34.8 Å². The first-order valence-corrected chi connectivity index (χ1v) is 9.86. The summed E-state index contributed by atoms with van der Waals surface area (Å²) in [5.41, 5.74) is 2.40. The highest BCUT2D eigenvalue weighted by Gasteiger charge is 2.14. The topological polar surface area (TPSA) is 61.2 Å². The number of fused-ring (bicyclic) bond motifs is 1. The third-order valence-corrected chi connectivity index (χ3v) is 5.34. The molecule has 0 bridgehead atoms. The molecule has 6 heteroatoms. The van der Waals surface area contributed by atoms with Gasteiger partial charge in [0, 0.05) is 12.7 Å². The van der Waals surface area contributed by atoms with Gasteiger partial charge in [-0.1, -0.05) is 55.1 Å². The maximum Gasteiger partial charge on any atom is 0.262 e. The molecule has 0 fully saturated rings. The van der Waals surface area contributed by atoms with E-state index in [9.17, 15) is 9.59 Å². The summed E-state index contributed by atoms with van der Waals surface area (Å²) in [5, 5.41) is 1.11. The summed E-state index contributed by atoms with van der Waals surface area (Å²) in [6.07, 6.45) is 0.940. The van der Waals surface area contributed by atoms with Crippen LogP contribution in [0.5, 0.6) is 0 Å². The Kier molecular flexibility index (Phi) is 6.42. The van der Waals surface area contributed by atoms with E-state index in [2.05, 4.69) is 11.9 Å². The third-order valence-electron chi connectivity index (χ3n) is 4.36. The van der Waals surface area contributed by atoms with E-state index in [1.807, 2.05) is 42.5 Å². The summed E-state index contributed by atoms with van der Waals surface area (Å²) in [6.45, 7) is 2.88. The van der Waals surface area contributed by atoms with Gasteiger partial charge in [0.25, 0.3) is 5.56 Å². The number of hydrogen-bond donors (Lipinski definition) is 0. The van der Waals surface area contributed by atoms with Crippen LogP contribution in [0.25, 0.3) is 10.9 Å². The van der Waals surface area contributed by atoms with Crippen molar-refractivity contribution in [3.8, 4) is 0 Å². The number of rotatable bonds is 8. The van der Waals surface area contributed by atoms with Crippen molar-refractivity contribution in [3.05, 3.63) is 70.0 Å². The quantitative estimate of drug-likeness (QED) is 0.339. The molecule has 0 atom stereocenters. The highest BCUT2D eigenvalue weighted by atomic mass is 32.2. The molecule has 0 aliphatic rings. The fraction of sp³-hybridized carbons (Fsp3) is 0.286. The maximum absolute atomic E-state index is 12.8. The van der Waals surface area contributed by atoms with E-state index >= 15 is 0 Å². The molecule has 0 N–H and O–H groups in total. The van der Waals surface area contributed by atoms with Crippen molar-refractivity contribution in [2.75, 3.05) is 19.5 Å². The second-order valence-electron chi connectivity index (χ2n) is 6.12. The van der Waals surface area contributed by atoms with Gasteiger partial charge in [-0.05, 0) is 24.1 Å². The molecular formula is C21H22N2O3S. The normalized spacial score (nSPS) is 11.0. The van der Waals surface area contributed by atoms with Gasteiger partial charge in [0.05, 0.1) is 29.8 Å². The van der Waals surface area contributed by atoms with Crippen molar-refractivity contribution in [2.45, 2.75) is 25.0 Å². The first kappa shape index (κ1) is 19.3. The summed E-state index contributed by atoms with van der Waals surface area (Å²) in [7, 11) is 1.59. The number of carbonyl (C=O) groups excluding carboxylic acids is 1. The maximum atomic E-state index is 12.8. The highest BCUT2D eigenvalue weighted by Crippen LogP contribution is 2.19.